The first-order valence-corrected chi connectivity index (χ1v) is 8.69. The Balaban J connectivity index is 1.83. The number of rotatable bonds is 8. The van der Waals surface area contributed by atoms with Gasteiger partial charge in [0.2, 0.25) is 5.91 Å². The molecule has 1 unspecified atom stereocenters. The van der Waals surface area contributed by atoms with Gasteiger partial charge in [-0.1, -0.05) is 18.2 Å². The van der Waals surface area contributed by atoms with Crippen LogP contribution in [0, 0.1) is 0 Å². The molecule has 4 N–H and O–H groups in total. The molecule has 1 heterocycles. The van der Waals surface area contributed by atoms with E-state index in [2.05, 4.69) is 16.6 Å². The van der Waals surface area contributed by atoms with Gasteiger partial charge in [-0.25, -0.2) is 0 Å². The molecule has 1 amide bonds. The average Bonchev–Trinajstić information content (AvgIpc) is 2.90. The Labute approximate surface area is 129 Å². The van der Waals surface area contributed by atoms with Gasteiger partial charge in [-0.3, -0.25) is 4.79 Å². The van der Waals surface area contributed by atoms with E-state index in [1.165, 1.54) is 0 Å². The number of nitrogens with two attached hydrogens (primary N) is 1. The molecule has 5 heteroatoms. The molecule has 1 atom stereocenters. The third kappa shape index (κ3) is 4.51. The summed E-state index contributed by atoms with van der Waals surface area (Å²) in [5, 5.41) is 4.06. The first-order chi connectivity index (χ1) is 10.2. The van der Waals surface area contributed by atoms with E-state index >= 15 is 0 Å². The average molecular weight is 305 g/mol. The van der Waals surface area contributed by atoms with Gasteiger partial charge in [0.1, 0.15) is 0 Å². The molecule has 0 radical (unpaired) electrons. The van der Waals surface area contributed by atoms with Gasteiger partial charge in [-0.05, 0) is 42.9 Å². The second kappa shape index (κ2) is 8.10. The summed E-state index contributed by atoms with van der Waals surface area (Å²) < 4.78 is 0. The molecule has 0 bridgehead atoms. The van der Waals surface area contributed by atoms with Crippen molar-refractivity contribution in [2.75, 3.05) is 18.6 Å². The van der Waals surface area contributed by atoms with Crippen molar-refractivity contribution in [2.24, 2.45) is 5.73 Å². The van der Waals surface area contributed by atoms with Crippen molar-refractivity contribution in [3.05, 3.63) is 36.0 Å². The van der Waals surface area contributed by atoms with Crippen molar-refractivity contribution >= 4 is 28.6 Å². The highest BCUT2D eigenvalue weighted by molar-refractivity contribution is 7.98. The number of benzene rings is 1. The maximum absolute atomic E-state index is 12.0. The Morgan fingerprint density at radius 2 is 2.19 bits per heavy atom. The molecule has 0 fully saturated rings. The van der Waals surface area contributed by atoms with E-state index in [-0.39, 0.29) is 5.91 Å². The topological polar surface area (TPSA) is 70.9 Å². The Morgan fingerprint density at radius 1 is 1.38 bits per heavy atom. The van der Waals surface area contributed by atoms with Crippen LogP contribution in [0.15, 0.2) is 30.5 Å². The lowest BCUT2D eigenvalue weighted by Crippen LogP contribution is -2.42. The summed E-state index contributed by atoms with van der Waals surface area (Å²) in [5.41, 5.74) is 8.18. The molecule has 0 saturated heterocycles. The molecular weight excluding hydrogens is 282 g/mol. The zero-order chi connectivity index (χ0) is 15.1. The predicted octanol–water partition coefficient (Wildman–Crippen LogP) is 2.30. The summed E-state index contributed by atoms with van der Waals surface area (Å²) in [7, 11) is 0. The number of fused-ring (bicyclic) bond motifs is 1. The molecule has 0 aliphatic rings. The van der Waals surface area contributed by atoms with Crippen molar-refractivity contribution in [3.63, 3.8) is 0 Å². The van der Waals surface area contributed by atoms with E-state index in [1.54, 1.807) is 0 Å². The lowest BCUT2D eigenvalue weighted by atomic mass is 10.1. The smallest absolute Gasteiger partial charge is 0.237 e. The Morgan fingerprint density at radius 3 is 3.00 bits per heavy atom. The molecule has 1 aromatic heterocycles. The van der Waals surface area contributed by atoms with E-state index in [1.807, 2.05) is 42.2 Å². The van der Waals surface area contributed by atoms with E-state index < -0.39 is 6.04 Å². The van der Waals surface area contributed by atoms with Gasteiger partial charge in [0.05, 0.1) is 6.04 Å². The minimum atomic E-state index is -0.496. The number of aromatic amines is 1. The molecule has 0 aliphatic heterocycles. The van der Waals surface area contributed by atoms with E-state index in [0.29, 0.717) is 13.0 Å². The number of carbonyl (C=O) groups excluding carboxylic acids is 1. The quantitative estimate of drug-likeness (QED) is 0.655. The van der Waals surface area contributed by atoms with Gasteiger partial charge < -0.3 is 16.0 Å². The monoisotopic (exact) mass is 305 g/mol. The lowest BCUT2D eigenvalue weighted by Gasteiger charge is -2.11. The van der Waals surface area contributed by atoms with Crippen molar-refractivity contribution in [1.29, 1.82) is 0 Å². The minimum Gasteiger partial charge on any atom is -0.361 e. The number of H-pyrrole nitrogens is 1. The fourth-order valence-corrected chi connectivity index (χ4v) is 2.84. The zero-order valence-corrected chi connectivity index (χ0v) is 13.2. The van der Waals surface area contributed by atoms with E-state index in [4.69, 9.17) is 5.73 Å². The molecule has 4 nitrogen and oxygen atoms in total. The molecule has 114 valence electrons. The number of amides is 1. The highest BCUT2D eigenvalue weighted by atomic mass is 32.2. The molecule has 0 spiro atoms. The van der Waals surface area contributed by atoms with Crippen LogP contribution in [0.1, 0.15) is 18.4 Å². The maximum Gasteiger partial charge on any atom is 0.237 e. The van der Waals surface area contributed by atoms with Crippen molar-refractivity contribution in [2.45, 2.75) is 25.3 Å². The van der Waals surface area contributed by atoms with Crippen LogP contribution in [0.5, 0.6) is 0 Å². The Bertz CT molecular complexity index is 582. The summed E-state index contributed by atoms with van der Waals surface area (Å²) in [4.78, 5) is 15.2. The van der Waals surface area contributed by atoms with Crippen LogP contribution < -0.4 is 11.1 Å². The molecule has 2 aromatic rings. The molecule has 0 saturated carbocycles. The highest BCUT2D eigenvalue weighted by Gasteiger charge is 2.15. The summed E-state index contributed by atoms with van der Waals surface area (Å²) in [6.45, 7) is 0.709. The zero-order valence-electron chi connectivity index (χ0n) is 12.4. The van der Waals surface area contributed by atoms with Crippen LogP contribution in [-0.2, 0) is 11.2 Å². The molecule has 2 rings (SSSR count). The number of aromatic nitrogens is 1. The SMILES string of the molecule is CSCCCCNC(=O)C(N)Cc1c[nH]c2ccccc12. The fraction of sp³-hybridized carbons (Fsp3) is 0.438. The van der Waals surface area contributed by atoms with Crippen LogP contribution in [0.2, 0.25) is 0 Å². The van der Waals surface area contributed by atoms with Gasteiger partial charge in [0, 0.05) is 23.6 Å². The van der Waals surface area contributed by atoms with Gasteiger partial charge >= 0.3 is 0 Å². The van der Waals surface area contributed by atoms with Crippen molar-refractivity contribution < 1.29 is 4.79 Å². The lowest BCUT2D eigenvalue weighted by molar-refractivity contribution is -0.122. The number of para-hydroxylation sites is 1. The third-order valence-electron chi connectivity index (χ3n) is 3.53. The predicted molar refractivity (Wildman–Crippen MR) is 90.6 cm³/mol. The summed E-state index contributed by atoms with van der Waals surface area (Å²) in [6.07, 6.45) is 6.72. The third-order valence-corrected chi connectivity index (χ3v) is 4.22. The second-order valence-corrected chi connectivity index (χ2v) is 6.15. The van der Waals surface area contributed by atoms with Crippen LogP contribution in [0.4, 0.5) is 0 Å². The van der Waals surface area contributed by atoms with E-state index in [9.17, 15) is 4.79 Å². The Kier molecular flexibility index (Phi) is 6.14. The normalized spacial score (nSPS) is 12.5. The number of nitrogens with one attached hydrogen (secondary N) is 2. The second-order valence-electron chi connectivity index (χ2n) is 5.16. The highest BCUT2D eigenvalue weighted by Crippen LogP contribution is 2.18. The summed E-state index contributed by atoms with van der Waals surface area (Å²) in [5.74, 6) is 1.07. The largest absolute Gasteiger partial charge is 0.361 e. The van der Waals surface area contributed by atoms with Gasteiger partial charge in [0.25, 0.3) is 0 Å². The van der Waals surface area contributed by atoms with Gasteiger partial charge in [0.15, 0.2) is 0 Å². The van der Waals surface area contributed by atoms with E-state index in [0.717, 1.165) is 35.1 Å². The fourth-order valence-electron chi connectivity index (χ4n) is 2.34. The number of hydrogen-bond donors (Lipinski definition) is 3. The molecular formula is C16H23N3OS. The summed E-state index contributed by atoms with van der Waals surface area (Å²) in [6, 6.07) is 7.57. The van der Waals surface area contributed by atoms with Crippen LogP contribution >= 0.6 is 11.8 Å². The summed E-state index contributed by atoms with van der Waals surface area (Å²) >= 11 is 1.83. The standard InChI is InChI=1S/C16H23N3OS/c1-21-9-5-4-8-18-16(20)14(17)10-12-11-19-15-7-3-2-6-13(12)15/h2-3,6-7,11,14,19H,4-5,8-10,17H2,1H3,(H,18,20). The minimum absolute atomic E-state index is 0.0653. The van der Waals surface area contributed by atoms with Crippen LogP contribution in [0.25, 0.3) is 10.9 Å². The number of unbranched alkanes of at least 4 members (excludes halogenated alkanes) is 1. The van der Waals surface area contributed by atoms with Crippen molar-refractivity contribution in [3.8, 4) is 0 Å². The molecule has 21 heavy (non-hydrogen) atoms. The van der Waals surface area contributed by atoms with Gasteiger partial charge in [-0.15, -0.1) is 0 Å². The molecule has 1 aromatic carbocycles. The van der Waals surface area contributed by atoms with Crippen LogP contribution in [-0.4, -0.2) is 35.5 Å². The maximum atomic E-state index is 12.0. The van der Waals surface area contributed by atoms with Crippen LogP contribution in [0.3, 0.4) is 0 Å². The van der Waals surface area contributed by atoms with Gasteiger partial charge in [-0.2, -0.15) is 11.8 Å². The molecule has 0 aliphatic carbocycles. The first-order valence-electron chi connectivity index (χ1n) is 7.29. The Hall–Kier alpha value is -1.46. The number of thioether (sulfide) groups is 1. The number of hydrogen-bond acceptors (Lipinski definition) is 3. The first kappa shape index (κ1) is 15.9. The number of carbonyl (C=O) groups is 1. The van der Waals surface area contributed by atoms with Crippen molar-refractivity contribution in [1.82, 2.24) is 10.3 Å².